The van der Waals surface area contributed by atoms with E-state index in [1.54, 1.807) is 45.0 Å². The molecule has 7 atom stereocenters. The van der Waals surface area contributed by atoms with Gasteiger partial charge in [-0.05, 0) is 44.4 Å². The minimum atomic E-state index is -4.65. The average Bonchev–Trinajstić information content (AvgIpc) is 3.78. The molecule has 4 aliphatic rings. The second kappa shape index (κ2) is 16.5. The summed E-state index contributed by atoms with van der Waals surface area (Å²) in [6, 6.07) is 22.9. The van der Waals surface area contributed by atoms with E-state index in [4.69, 9.17) is 23.8 Å². The van der Waals surface area contributed by atoms with Crippen molar-refractivity contribution >= 4 is 29.9 Å². The summed E-state index contributed by atoms with van der Waals surface area (Å²) >= 11 is 0. The Hall–Kier alpha value is -5.13. The van der Waals surface area contributed by atoms with E-state index in [9.17, 15) is 37.5 Å². The Kier molecular flexibility index (Phi) is 11.7. The third-order valence-electron chi connectivity index (χ3n) is 10.7. The van der Waals surface area contributed by atoms with E-state index in [-0.39, 0.29) is 25.8 Å². The fraction of sp³-hybridized carbons (Fsp3) is 0.442. The molecule has 3 aliphatic heterocycles. The predicted molar refractivity (Wildman–Crippen MR) is 201 cm³/mol. The summed E-state index contributed by atoms with van der Waals surface area (Å²) in [5.74, 6) is -4.47. The SMILES string of the molecule is CC(C)(C)OC(=O)CC[C@@H](CO)NC(=O)[C@@]12C[C@H]3OC(=O)[C@@H]1N(Cc1ccc(C=CC(=O)OCC(F)(F)F)cc1)O[C@@H]2[C@H]1OC(c2ccccc2)(c2ccccc2)O[C@H]13. The van der Waals surface area contributed by atoms with Crippen LogP contribution in [0.1, 0.15) is 62.3 Å². The number of rotatable bonds is 13. The molecule has 2 bridgehead atoms. The van der Waals surface area contributed by atoms with Crippen molar-refractivity contribution in [3.05, 3.63) is 113 Å². The van der Waals surface area contributed by atoms with E-state index in [2.05, 4.69) is 10.1 Å². The van der Waals surface area contributed by atoms with Crippen LogP contribution in [0.4, 0.5) is 13.2 Å². The molecular weight excluding hydrogens is 777 g/mol. The van der Waals surface area contributed by atoms with Gasteiger partial charge in [-0.15, -0.1) is 0 Å². The number of hydrogen-bond donors (Lipinski definition) is 2. The Morgan fingerprint density at radius 3 is 2.17 bits per heavy atom. The quantitative estimate of drug-likeness (QED) is 0.137. The van der Waals surface area contributed by atoms with Crippen LogP contribution in [0, 0.1) is 5.41 Å². The van der Waals surface area contributed by atoms with Gasteiger partial charge >= 0.3 is 24.1 Å². The van der Waals surface area contributed by atoms with Gasteiger partial charge in [-0.1, -0.05) is 84.9 Å². The number of alkyl halides is 3. The number of amides is 1. The summed E-state index contributed by atoms with van der Waals surface area (Å²) in [4.78, 5) is 60.2. The van der Waals surface area contributed by atoms with Crippen LogP contribution in [0.25, 0.3) is 6.08 Å². The zero-order valence-electron chi connectivity index (χ0n) is 32.6. The maximum atomic E-state index is 14.9. The highest BCUT2D eigenvalue weighted by Crippen LogP contribution is 2.59. The Morgan fingerprint density at radius 1 is 0.949 bits per heavy atom. The summed E-state index contributed by atoms with van der Waals surface area (Å²) < 4.78 is 66.9. The molecule has 1 aliphatic carbocycles. The van der Waals surface area contributed by atoms with E-state index in [0.29, 0.717) is 22.3 Å². The van der Waals surface area contributed by atoms with Crippen molar-refractivity contribution in [3.63, 3.8) is 0 Å². The number of hydrogen-bond acceptors (Lipinski definition) is 12. The zero-order valence-corrected chi connectivity index (χ0v) is 32.6. The van der Waals surface area contributed by atoms with Crippen molar-refractivity contribution in [2.24, 2.45) is 5.41 Å². The van der Waals surface area contributed by atoms with Crippen molar-refractivity contribution < 1.29 is 66.0 Å². The molecule has 3 aromatic rings. The number of carbonyl (C=O) groups is 4. The summed E-state index contributed by atoms with van der Waals surface area (Å²) in [5.41, 5.74) is 0.0656. The van der Waals surface area contributed by atoms with E-state index in [1.807, 2.05) is 60.7 Å². The van der Waals surface area contributed by atoms with E-state index in [1.165, 1.54) is 11.1 Å². The smallest absolute Gasteiger partial charge is 0.422 e. The first-order chi connectivity index (χ1) is 28.0. The van der Waals surface area contributed by atoms with Crippen LogP contribution < -0.4 is 5.32 Å². The van der Waals surface area contributed by atoms with Crippen LogP contribution in [0.3, 0.4) is 0 Å². The molecule has 59 heavy (non-hydrogen) atoms. The number of carbonyl (C=O) groups excluding carboxylic acids is 4. The van der Waals surface area contributed by atoms with Crippen LogP contribution in [0.2, 0.25) is 0 Å². The Bertz CT molecular complexity index is 2000. The summed E-state index contributed by atoms with van der Waals surface area (Å²) in [7, 11) is 0. The number of ether oxygens (including phenoxy) is 5. The Labute approximate surface area is 338 Å². The molecule has 3 saturated heterocycles. The number of aliphatic hydroxyl groups is 1. The molecule has 314 valence electrons. The zero-order chi connectivity index (χ0) is 42.2. The standard InChI is InChI=1S/C43H45F3N2O11/c1-40(2,3)56-33(51)21-19-30(24-49)47-39(53)41-22-31-34-35(58-43(57-34,28-10-6-4-7-11-28)29-12-8-5-9-13-29)37(41)59-48(36(41)38(52)55-31)23-27-16-14-26(15-17-27)18-20-32(50)54-25-42(44,45)46/h4-18,20,30-31,34-37,49H,19,21-25H2,1-3H3,(H,47,53)/t30-,31+,34-,35-,36-,37+,41-/m0/s1. The Balaban J connectivity index is 1.20. The molecule has 2 N–H and O–H groups in total. The first-order valence-corrected chi connectivity index (χ1v) is 19.3. The van der Waals surface area contributed by atoms with Crippen LogP contribution in [0.15, 0.2) is 91.0 Å². The monoisotopic (exact) mass is 822 g/mol. The fourth-order valence-corrected chi connectivity index (χ4v) is 8.18. The van der Waals surface area contributed by atoms with Crippen molar-refractivity contribution in [3.8, 4) is 0 Å². The number of fused-ring (bicyclic) bond motifs is 4. The molecule has 13 nitrogen and oxygen atoms in total. The van der Waals surface area contributed by atoms with Gasteiger partial charge in [0.05, 0.1) is 19.2 Å². The Morgan fingerprint density at radius 2 is 1.58 bits per heavy atom. The highest BCUT2D eigenvalue weighted by atomic mass is 19.4. The van der Waals surface area contributed by atoms with Gasteiger partial charge in [0.15, 0.2) is 12.6 Å². The minimum absolute atomic E-state index is 0.0149. The number of hydroxylamine groups is 2. The molecule has 4 fully saturated rings. The maximum absolute atomic E-state index is 14.9. The third-order valence-corrected chi connectivity index (χ3v) is 10.7. The number of aliphatic hydroxyl groups excluding tert-OH is 1. The molecule has 1 amide bonds. The molecule has 0 radical (unpaired) electrons. The van der Waals surface area contributed by atoms with E-state index < -0.39 is 96.5 Å². The molecule has 1 saturated carbocycles. The van der Waals surface area contributed by atoms with Gasteiger partial charge in [-0.3, -0.25) is 19.2 Å². The van der Waals surface area contributed by atoms with Gasteiger partial charge in [-0.25, -0.2) is 4.79 Å². The second-order valence-electron chi connectivity index (χ2n) is 16.0. The van der Waals surface area contributed by atoms with Gasteiger partial charge in [0.25, 0.3) is 0 Å². The van der Waals surface area contributed by atoms with Crippen LogP contribution in [-0.2, 0) is 60.0 Å². The minimum Gasteiger partial charge on any atom is -0.460 e. The van der Waals surface area contributed by atoms with Gasteiger partial charge in [-0.2, -0.15) is 18.2 Å². The lowest BCUT2D eigenvalue weighted by Crippen LogP contribution is -2.70. The van der Waals surface area contributed by atoms with Crippen molar-refractivity contribution in [1.82, 2.24) is 10.4 Å². The second-order valence-corrected chi connectivity index (χ2v) is 16.0. The van der Waals surface area contributed by atoms with Crippen LogP contribution >= 0.6 is 0 Å². The number of benzene rings is 3. The summed E-state index contributed by atoms with van der Waals surface area (Å²) in [6.45, 7) is 2.97. The van der Waals surface area contributed by atoms with Crippen LogP contribution in [-0.4, -0.2) is 95.5 Å². The van der Waals surface area contributed by atoms with E-state index in [0.717, 1.165) is 6.08 Å². The largest absolute Gasteiger partial charge is 0.460 e. The molecule has 3 aromatic carbocycles. The van der Waals surface area contributed by atoms with Gasteiger partial charge in [0, 0.05) is 30.0 Å². The maximum Gasteiger partial charge on any atom is 0.422 e. The molecule has 3 heterocycles. The molecule has 7 rings (SSSR count). The molecule has 0 aromatic heterocycles. The summed E-state index contributed by atoms with van der Waals surface area (Å²) in [5, 5.41) is 14.7. The fourth-order valence-electron chi connectivity index (χ4n) is 8.18. The third kappa shape index (κ3) is 8.77. The van der Waals surface area contributed by atoms with Gasteiger partial charge in [0.1, 0.15) is 35.4 Å². The number of nitrogens with one attached hydrogen (secondary N) is 1. The average molecular weight is 823 g/mol. The first-order valence-electron chi connectivity index (χ1n) is 19.3. The van der Waals surface area contributed by atoms with Crippen molar-refractivity contribution in [2.45, 2.75) is 101 Å². The lowest BCUT2D eigenvalue weighted by molar-refractivity contribution is -0.213. The van der Waals surface area contributed by atoms with E-state index >= 15 is 0 Å². The molecular formula is C43H45F3N2O11. The highest BCUT2D eigenvalue weighted by Gasteiger charge is 2.76. The van der Waals surface area contributed by atoms with Crippen LogP contribution in [0.5, 0.6) is 0 Å². The lowest BCUT2D eigenvalue weighted by Gasteiger charge is -2.49. The van der Waals surface area contributed by atoms with Gasteiger partial charge in [0.2, 0.25) is 11.7 Å². The molecule has 0 spiro atoms. The van der Waals surface area contributed by atoms with Crippen molar-refractivity contribution in [1.29, 1.82) is 0 Å². The predicted octanol–water partition coefficient (Wildman–Crippen LogP) is 4.89. The molecule has 16 heteroatoms. The number of nitrogens with zero attached hydrogens (tertiary/aromatic N) is 1. The molecule has 0 unspecified atom stereocenters. The van der Waals surface area contributed by atoms with Gasteiger partial charge < -0.3 is 34.1 Å². The first kappa shape index (κ1) is 42.0. The topological polar surface area (TPSA) is 159 Å². The number of halogens is 3. The normalized spacial score (nSPS) is 26.5. The van der Waals surface area contributed by atoms with Crippen molar-refractivity contribution in [2.75, 3.05) is 13.2 Å². The number of esters is 3. The lowest BCUT2D eigenvalue weighted by atomic mass is 9.62. The highest BCUT2D eigenvalue weighted by molar-refractivity contribution is 5.94. The summed E-state index contributed by atoms with van der Waals surface area (Å²) in [6.07, 6.45) is -6.41.